The van der Waals surface area contributed by atoms with Crippen LogP contribution in [0.4, 0.5) is 0 Å². The van der Waals surface area contributed by atoms with Gasteiger partial charge >= 0.3 is 0 Å². The Morgan fingerprint density at radius 3 is 2.63 bits per heavy atom. The second kappa shape index (κ2) is 13.1. The number of aryl methyl sites for hydroxylation is 2. The van der Waals surface area contributed by atoms with Crippen LogP contribution in [-0.2, 0) is 34.3 Å². The Labute approximate surface area is 238 Å². The molecule has 1 aliphatic rings. The van der Waals surface area contributed by atoms with Gasteiger partial charge in [-0.15, -0.1) is 0 Å². The number of carbonyl (C=O) groups is 4. The van der Waals surface area contributed by atoms with Gasteiger partial charge in [0.25, 0.3) is 5.91 Å². The Kier molecular flexibility index (Phi) is 9.37. The van der Waals surface area contributed by atoms with Crippen LogP contribution in [0.2, 0.25) is 0 Å². The van der Waals surface area contributed by atoms with E-state index in [0.29, 0.717) is 17.9 Å². The summed E-state index contributed by atoms with van der Waals surface area (Å²) in [6.45, 7) is 4.49. The van der Waals surface area contributed by atoms with E-state index in [2.05, 4.69) is 31.0 Å². The first-order valence-corrected chi connectivity index (χ1v) is 13.4. The number of fused-ring (bicyclic) bond motifs is 1. The summed E-state index contributed by atoms with van der Waals surface area (Å²) in [5.41, 5.74) is 3.77. The molecule has 4 rings (SSSR count). The molecule has 1 aliphatic heterocycles. The zero-order valence-corrected chi connectivity index (χ0v) is 23.7. The standard InChI is InChI=1S/C28H36N8O5/c1-17-20(18(2)36(4)34-17)9-10-30-27(39)22-14-25(37)32-23(13-19-15-29-16-31-19)28(40)35(3)11-12-41-24-8-6-5-7-21(24)26(38)33-22/h5-8,15-16,22-23H,9-14H2,1-4H3,(H,29,31)(H,30,39)(H,32,37)(H,33,38)/t22-,23-/m0/s1. The number of carbonyl (C=O) groups excluding carboxylic acids is 4. The lowest BCUT2D eigenvalue weighted by molar-refractivity contribution is -0.136. The van der Waals surface area contributed by atoms with Crippen molar-refractivity contribution in [1.29, 1.82) is 0 Å². The van der Waals surface area contributed by atoms with Gasteiger partial charge in [0.1, 0.15) is 24.4 Å². The van der Waals surface area contributed by atoms with E-state index < -0.39 is 29.8 Å². The van der Waals surface area contributed by atoms with E-state index in [1.54, 1.807) is 42.2 Å². The summed E-state index contributed by atoms with van der Waals surface area (Å²) in [6, 6.07) is 4.51. The van der Waals surface area contributed by atoms with E-state index >= 15 is 0 Å². The Morgan fingerprint density at radius 2 is 1.93 bits per heavy atom. The third-order valence-corrected chi connectivity index (χ3v) is 7.15. The quantitative estimate of drug-likeness (QED) is 0.332. The molecule has 218 valence electrons. The minimum Gasteiger partial charge on any atom is -0.491 e. The third kappa shape index (κ3) is 7.29. The number of para-hydroxylation sites is 1. The number of aromatic amines is 1. The molecule has 0 aliphatic carbocycles. The number of imidazole rings is 1. The number of benzene rings is 1. The fraction of sp³-hybridized carbons (Fsp3) is 0.429. The largest absolute Gasteiger partial charge is 0.491 e. The number of aromatic nitrogens is 4. The molecular weight excluding hydrogens is 528 g/mol. The van der Waals surface area contributed by atoms with Crippen molar-refractivity contribution in [3.63, 3.8) is 0 Å². The van der Waals surface area contributed by atoms with Crippen molar-refractivity contribution < 1.29 is 23.9 Å². The second-order valence-corrected chi connectivity index (χ2v) is 10.0. The number of amides is 4. The minimum atomic E-state index is -1.20. The van der Waals surface area contributed by atoms with Crippen LogP contribution >= 0.6 is 0 Å². The van der Waals surface area contributed by atoms with Gasteiger partial charge in [-0.2, -0.15) is 5.10 Å². The van der Waals surface area contributed by atoms with Gasteiger partial charge in [0.15, 0.2) is 0 Å². The summed E-state index contributed by atoms with van der Waals surface area (Å²) in [7, 11) is 3.47. The Hall–Kier alpha value is -4.68. The Bertz CT molecular complexity index is 1400. The second-order valence-electron chi connectivity index (χ2n) is 10.0. The van der Waals surface area contributed by atoms with E-state index in [-0.39, 0.29) is 44.0 Å². The number of nitrogens with one attached hydrogen (secondary N) is 4. The molecule has 1 aromatic carbocycles. The number of ether oxygens (including phenoxy) is 1. The number of hydrogen-bond donors (Lipinski definition) is 4. The topological polar surface area (TPSA) is 163 Å². The first-order chi connectivity index (χ1) is 19.6. The molecule has 2 atom stereocenters. The predicted octanol–water partition coefficient (Wildman–Crippen LogP) is 0.186. The number of hydrogen-bond acceptors (Lipinski definition) is 7. The number of nitrogens with zero attached hydrogens (tertiary/aromatic N) is 4. The predicted molar refractivity (Wildman–Crippen MR) is 149 cm³/mol. The zero-order valence-electron chi connectivity index (χ0n) is 23.7. The lowest BCUT2D eigenvalue weighted by Gasteiger charge is -2.26. The number of rotatable bonds is 6. The molecule has 4 N–H and O–H groups in total. The molecule has 0 spiro atoms. The highest BCUT2D eigenvalue weighted by atomic mass is 16.5. The molecule has 0 bridgehead atoms. The molecule has 13 nitrogen and oxygen atoms in total. The number of likely N-dealkylation sites (N-methyl/N-ethyl adjacent to an activating group) is 1. The van der Waals surface area contributed by atoms with E-state index in [9.17, 15) is 19.2 Å². The molecule has 0 saturated carbocycles. The van der Waals surface area contributed by atoms with Gasteiger partial charge in [0.05, 0.1) is 30.6 Å². The highest BCUT2D eigenvalue weighted by Crippen LogP contribution is 2.19. The first-order valence-electron chi connectivity index (χ1n) is 13.4. The van der Waals surface area contributed by atoms with Crippen molar-refractivity contribution in [3.05, 3.63) is 65.0 Å². The van der Waals surface area contributed by atoms with E-state index in [1.165, 1.54) is 11.2 Å². The lowest BCUT2D eigenvalue weighted by atomic mass is 10.1. The van der Waals surface area contributed by atoms with Crippen molar-refractivity contribution in [2.24, 2.45) is 7.05 Å². The maximum absolute atomic E-state index is 13.3. The molecule has 13 heteroatoms. The average molecular weight is 565 g/mol. The summed E-state index contributed by atoms with van der Waals surface area (Å²) in [5, 5.41) is 12.7. The molecule has 0 radical (unpaired) electrons. The lowest BCUT2D eigenvalue weighted by Crippen LogP contribution is -2.53. The minimum absolute atomic E-state index is 0.119. The zero-order chi connectivity index (χ0) is 29.5. The molecule has 0 saturated heterocycles. The van der Waals surface area contributed by atoms with E-state index in [0.717, 1.165) is 17.0 Å². The van der Waals surface area contributed by atoms with Crippen LogP contribution in [0.15, 0.2) is 36.8 Å². The van der Waals surface area contributed by atoms with Gasteiger partial charge in [-0.05, 0) is 38.0 Å². The maximum Gasteiger partial charge on any atom is 0.255 e. The van der Waals surface area contributed by atoms with Crippen molar-refractivity contribution >= 4 is 23.6 Å². The molecule has 4 amide bonds. The molecule has 3 aromatic rings. The fourth-order valence-electron chi connectivity index (χ4n) is 4.76. The van der Waals surface area contributed by atoms with Gasteiger partial charge in [0, 0.05) is 44.6 Å². The number of H-pyrrole nitrogens is 1. The maximum atomic E-state index is 13.3. The van der Waals surface area contributed by atoms with Crippen LogP contribution in [0.1, 0.15) is 39.4 Å². The Morgan fingerprint density at radius 1 is 1.15 bits per heavy atom. The highest BCUT2D eigenvalue weighted by molar-refractivity contribution is 6.01. The van der Waals surface area contributed by atoms with Gasteiger partial charge < -0.3 is 30.6 Å². The van der Waals surface area contributed by atoms with Crippen LogP contribution in [0, 0.1) is 13.8 Å². The molecule has 3 heterocycles. The van der Waals surface area contributed by atoms with Crippen LogP contribution < -0.4 is 20.7 Å². The smallest absolute Gasteiger partial charge is 0.255 e. The summed E-state index contributed by atoms with van der Waals surface area (Å²) in [5.74, 6) is -1.65. The van der Waals surface area contributed by atoms with Crippen LogP contribution in [0.25, 0.3) is 0 Å². The van der Waals surface area contributed by atoms with E-state index in [1.807, 2.05) is 20.9 Å². The first kappa shape index (κ1) is 29.3. The van der Waals surface area contributed by atoms with Gasteiger partial charge in [-0.3, -0.25) is 23.9 Å². The van der Waals surface area contributed by atoms with Gasteiger partial charge in [-0.25, -0.2) is 4.98 Å². The summed E-state index contributed by atoms with van der Waals surface area (Å²) < 4.78 is 7.64. The average Bonchev–Trinajstić information content (AvgIpc) is 3.54. The normalized spacial score (nSPS) is 18.5. The van der Waals surface area contributed by atoms with E-state index in [4.69, 9.17) is 4.74 Å². The highest BCUT2D eigenvalue weighted by Gasteiger charge is 2.30. The van der Waals surface area contributed by atoms with Crippen LogP contribution in [0.3, 0.4) is 0 Å². The fourth-order valence-corrected chi connectivity index (χ4v) is 4.76. The summed E-state index contributed by atoms with van der Waals surface area (Å²) in [4.78, 5) is 61.5. The van der Waals surface area contributed by atoms with Crippen molar-refractivity contribution in [1.82, 2.24) is 40.6 Å². The molecule has 41 heavy (non-hydrogen) atoms. The van der Waals surface area contributed by atoms with Crippen molar-refractivity contribution in [2.45, 2.75) is 45.2 Å². The van der Waals surface area contributed by atoms with Crippen molar-refractivity contribution in [2.75, 3.05) is 26.7 Å². The van der Waals surface area contributed by atoms with Crippen molar-refractivity contribution in [3.8, 4) is 5.75 Å². The third-order valence-electron chi connectivity index (χ3n) is 7.15. The monoisotopic (exact) mass is 564 g/mol. The summed E-state index contributed by atoms with van der Waals surface area (Å²) in [6.07, 6.45) is 3.40. The van der Waals surface area contributed by atoms with Crippen LogP contribution in [-0.4, -0.2) is 87.1 Å². The van der Waals surface area contributed by atoms with Gasteiger partial charge in [-0.1, -0.05) is 12.1 Å². The molecule has 0 fully saturated rings. The SMILES string of the molecule is Cc1nn(C)c(C)c1CCNC(=O)[C@@H]1CC(=O)N[C@@H](Cc2cnc[nH]2)C(=O)N(C)CCOc2ccccc2C(=O)N1. The Balaban J connectivity index is 1.55. The van der Waals surface area contributed by atoms with Crippen LogP contribution in [0.5, 0.6) is 5.75 Å². The molecule has 2 aromatic heterocycles. The summed E-state index contributed by atoms with van der Waals surface area (Å²) >= 11 is 0. The van der Waals surface area contributed by atoms with Gasteiger partial charge in [0.2, 0.25) is 17.7 Å². The molecule has 0 unspecified atom stereocenters. The molecular formula is C28H36N8O5.